The van der Waals surface area contributed by atoms with Crippen LogP contribution in [0.1, 0.15) is 18.6 Å². The number of furan rings is 1. The molecule has 0 spiro atoms. The Hall–Kier alpha value is -4.42. The number of amides is 2. The molecule has 36 heavy (non-hydrogen) atoms. The smallest absolute Gasteiger partial charge is 0.254 e. The van der Waals surface area contributed by atoms with Crippen molar-refractivity contribution in [2.24, 2.45) is 0 Å². The van der Waals surface area contributed by atoms with Crippen LogP contribution in [0, 0.1) is 11.3 Å². The fourth-order valence-electron chi connectivity index (χ4n) is 3.86. The average Bonchev–Trinajstić information content (AvgIpc) is 3.42. The topological polar surface area (TPSA) is 116 Å². The first-order chi connectivity index (χ1) is 17.5. The lowest BCUT2D eigenvalue weighted by Crippen LogP contribution is -2.31. The van der Waals surface area contributed by atoms with Crippen molar-refractivity contribution in [2.45, 2.75) is 12.8 Å². The first-order valence-corrected chi connectivity index (χ1v) is 12.1. The molecular formula is C27H24N4O4S. The van der Waals surface area contributed by atoms with Crippen LogP contribution < -0.4 is 20.7 Å². The fourth-order valence-corrected chi connectivity index (χ4v) is 4.75. The molecule has 0 fully saturated rings. The number of rotatable bonds is 8. The lowest BCUT2D eigenvalue weighted by atomic mass is 9.85. The van der Waals surface area contributed by atoms with Crippen molar-refractivity contribution in [3.63, 3.8) is 0 Å². The van der Waals surface area contributed by atoms with E-state index in [9.17, 15) is 14.9 Å². The van der Waals surface area contributed by atoms with Crippen LogP contribution in [0.4, 0.5) is 11.4 Å². The third kappa shape index (κ3) is 5.45. The number of carbonyl (C=O) groups excluding carboxylic acids is 2. The number of methoxy groups -OCH3 is 1. The average molecular weight is 501 g/mol. The molecule has 4 rings (SSSR count). The van der Waals surface area contributed by atoms with Gasteiger partial charge in [-0.1, -0.05) is 42.1 Å². The van der Waals surface area contributed by atoms with Crippen molar-refractivity contribution in [1.29, 1.82) is 5.26 Å². The Balaban J connectivity index is 1.60. The van der Waals surface area contributed by atoms with Crippen molar-refractivity contribution in [2.75, 3.05) is 23.5 Å². The first kappa shape index (κ1) is 24.7. The number of hydrogen-bond donors (Lipinski definition) is 3. The van der Waals surface area contributed by atoms with Crippen LogP contribution in [0.5, 0.6) is 5.75 Å². The van der Waals surface area contributed by atoms with Gasteiger partial charge in [0.1, 0.15) is 11.5 Å². The second-order valence-corrected chi connectivity index (χ2v) is 8.81. The van der Waals surface area contributed by atoms with Gasteiger partial charge < -0.3 is 25.1 Å². The molecule has 0 radical (unpaired) electrons. The maximum Gasteiger partial charge on any atom is 0.254 e. The van der Waals surface area contributed by atoms with E-state index in [1.807, 2.05) is 18.2 Å². The Morgan fingerprint density at radius 2 is 1.83 bits per heavy atom. The Morgan fingerprint density at radius 3 is 2.53 bits per heavy atom. The number of thioether (sulfide) groups is 1. The number of anilines is 2. The Morgan fingerprint density at radius 1 is 1.08 bits per heavy atom. The predicted octanol–water partition coefficient (Wildman–Crippen LogP) is 4.99. The van der Waals surface area contributed by atoms with E-state index in [1.165, 1.54) is 25.1 Å². The zero-order valence-electron chi connectivity index (χ0n) is 19.7. The first-order valence-electron chi connectivity index (χ1n) is 11.1. The Bertz CT molecular complexity index is 1360. The number of allylic oxidation sites excluding steroid dienone is 2. The van der Waals surface area contributed by atoms with Crippen LogP contribution in [-0.4, -0.2) is 24.7 Å². The molecule has 1 atom stereocenters. The fraction of sp³-hybridized carbons (Fsp3) is 0.148. The van der Waals surface area contributed by atoms with Crippen LogP contribution >= 0.6 is 11.8 Å². The Labute approximate surface area is 213 Å². The summed E-state index contributed by atoms with van der Waals surface area (Å²) >= 11 is 1.19. The van der Waals surface area contributed by atoms with Crippen molar-refractivity contribution < 1.29 is 18.7 Å². The lowest BCUT2D eigenvalue weighted by Gasteiger charge is -2.28. The standard InChI is InChI=1S/C27H24N4O4S/c1-17-24(26(33)31-20-11-6-7-12-21(20)34-2)25(22-13-8-14-35-22)19(15-28)27(29-17)36-16-23(32)30-18-9-4-3-5-10-18/h3-14,25,29H,16H2,1-2H3,(H,30,32)(H,31,33)/t25-/m0/s1. The van der Waals surface area contributed by atoms with E-state index in [0.717, 1.165) is 0 Å². The summed E-state index contributed by atoms with van der Waals surface area (Å²) in [6, 6.07) is 21.9. The molecule has 0 saturated carbocycles. The largest absolute Gasteiger partial charge is 0.495 e. The summed E-state index contributed by atoms with van der Waals surface area (Å²) < 4.78 is 11.0. The van der Waals surface area contributed by atoms with Gasteiger partial charge in [0.2, 0.25) is 5.91 Å². The van der Waals surface area contributed by atoms with Crippen LogP contribution in [0.2, 0.25) is 0 Å². The van der Waals surface area contributed by atoms with Crippen LogP contribution in [0.15, 0.2) is 99.3 Å². The minimum Gasteiger partial charge on any atom is -0.495 e. The van der Waals surface area contributed by atoms with E-state index in [-0.39, 0.29) is 11.7 Å². The normalized spacial score (nSPS) is 15.1. The number of nitrogens with one attached hydrogen (secondary N) is 3. The minimum atomic E-state index is -0.749. The second-order valence-electron chi connectivity index (χ2n) is 7.82. The molecule has 182 valence electrons. The van der Waals surface area contributed by atoms with E-state index in [2.05, 4.69) is 22.0 Å². The molecule has 2 aromatic carbocycles. The molecule has 3 N–H and O–H groups in total. The maximum atomic E-state index is 13.5. The van der Waals surface area contributed by atoms with Gasteiger partial charge in [0.05, 0.1) is 53.0 Å². The predicted molar refractivity (Wildman–Crippen MR) is 139 cm³/mol. The van der Waals surface area contributed by atoms with Gasteiger partial charge in [0, 0.05) is 11.4 Å². The molecule has 9 heteroatoms. The second kappa shape index (κ2) is 11.3. The summed E-state index contributed by atoms with van der Waals surface area (Å²) in [7, 11) is 1.53. The number of benzene rings is 2. The van der Waals surface area contributed by atoms with Gasteiger partial charge in [-0.25, -0.2) is 0 Å². The SMILES string of the molecule is COc1ccccc1NC(=O)C1=C(C)NC(SCC(=O)Nc2ccccc2)=C(C#N)[C@H]1c1ccco1. The summed E-state index contributed by atoms with van der Waals surface area (Å²) in [5, 5.41) is 19.5. The number of para-hydroxylation sites is 3. The number of dihydropyridines is 1. The van der Waals surface area contributed by atoms with Crippen LogP contribution in [-0.2, 0) is 9.59 Å². The summed E-state index contributed by atoms with van der Waals surface area (Å²) in [6.45, 7) is 1.76. The Kier molecular flexibility index (Phi) is 7.78. The van der Waals surface area contributed by atoms with Crippen molar-refractivity contribution >= 4 is 35.0 Å². The molecular weight excluding hydrogens is 476 g/mol. The molecule has 1 aliphatic rings. The third-order valence-corrected chi connectivity index (χ3v) is 6.50. The number of hydrogen-bond acceptors (Lipinski definition) is 7. The van der Waals surface area contributed by atoms with Gasteiger partial charge in [-0.2, -0.15) is 5.26 Å². The highest BCUT2D eigenvalue weighted by Gasteiger charge is 2.36. The van der Waals surface area contributed by atoms with Crippen molar-refractivity contribution in [3.05, 3.63) is 101 Å². The minimum absolute atomic E-state index is 0.0727. The summed E-state index contributed by atoms with van der Waals surface area (Å²) in [5.74, 6) is -0.328. The van der Waals surface area contributed by atoms with Gasteiger partial charge in [0.15, 0.2) is 0 Å². The summed E-state index contributed by atoms with van der Waals surface area (Å²) in [4.78, 5) is 26.0. The van der Waals surface area contributed by atoms with Gasteiger partial charge in [-0.3, -0.25) is 9.59 Å². The maximum absolute atomic E-state index is 13.5. The van der Waals surface area contributed by atoms with Gasteiger partial charge in [-0.15, -0.1) is 0 Å². The van der Waals surface area contributed by atoms with Crippen molar-refractivity contribution in [1.82, 2.24) is 5.32 Å². The number of ether oxygens (including phenoxy) is 1. The molecule has 0 saturated heterocycles. The molecule has 0 unspecified atom stereocenters. The zero-order chi connectivity index (χ0) is 25.5. The zero-order valence-corrected chi connectivity index (χ0v) is 20.5. The molecule has 0 bridgehead atoms. The molecule has 3 aromatic rings. The molecule has 8 nitrogen and oxygen atoms in total. The molecule has 1 aliphatic heterocycles. The number of carbonyl (C=O) groups is 2. The van der Waals surface area contributed by atoms with Gasteiger partial charge in [0.25, 0.3) is 5.91 Å². The van der Waals surface area contributed by atoms with E-state index in [0.29, 0.717) is 44.8 Å². The van der Waals surface area contributed by atoms with E-state index < -0.39 is 11.8 Å². The van der Waals surface area contributed by atoms with Crippen molar-refractivity contribution in [3.8, 4) is 11.8 Å². The highest BCUT2D eigenvalue weighted by Crippen LogP contribution is 2.41. The van der Waals surface area contributed by atoms with Crippen LogP contribution in [0.3, 0.4) is 0 Å². The molecule has 0 aliphatic carbocycles. The summed E-state index contributed by atoms with van der Waals surface area (Å²) in [6.07, 6.45) is 1.50. The lowest BCUT2D eigenvalue weighted by molar-refractivity contribution is -0.114. The quantitative estimate of drug-likeness (QED) is 0.399. The number of nitriles is 1. The van der Waals surface area contributed by atoms with Gasteiger partial charge in [-0.05, 0) is 43.3 Å². The van der Waals surface area contributed by atoms with E-state index in [1.54, 1.807) is 55.5 Å². The van der Waals surface area contributed by atoms with Gasteiger partial charge >= 0.3 is 0 Å². The molecule has 2 amide bonds. The molecule has 2 heterocycles. The third-order valence-electron chi connectivity index (χ3n) is 5.48. The summed E-state index contributed by atoms with van der Waals surface area (Å²) in [5.41, 5.74) is 2.37. The monoisotopic (exact) mass is 500 g/mol. The van der Waals surface area contributed by atoms with E-state index >= 15 is 0 Å². The highest BCUT2D eigenvalue weighted by molar-refractivity contribution is 8.03. The molecule has 1 aromatic heterocycles. The number of nitrogens with zero attached hydrogens (tertiary/aromatic N) is 1. The highest BCUT2D eigenvalue weighted by atomic mass is 32.2. The van der Waals surface area contributed by atoms with Crippen LogP contribution in [0.25, 0.3) is 0 Å². The van der Waals surface area contributed by atoms with E-state index in [4.69, 9.17) is 9.15 Å².